The topological polar surface area (TPSA) is 41.6 Å². The van der Waals surface area contributed by atoms with E-state index in [1.165, 1.54) is 12.8 Å². The van der Waals surface area contributed by atoms with Crippen molar-refractivity contribution in [3.05, 3.63) is 0 Å². The molecule has 0 aromatic rings. The lowest BCUT2D eigenvalue weighted by molar-refractivity contribution is 0.109. The Labute approximate surface area is 105 Å². The minimum absolute atomic E-state index is 0.225. The molecule has 4 nitrogen and oxygen atoms in total. The van der Waals surface area contributed by atoms with Gasteiger partial charge in [-0.15, -0.1) is 0 Å². The summed E-state index contributed by atoms with van der Waals surface area (Å²) in [5, 5.41) is 2.78. The van der Waals surface area contributed by atoms with Crippen LogP contribution < -0.4 is 5.32 Å². The molecule has 0 spiro atoms. The number of nitrogens with zero attached hydrogens (tertiary/aromatic N) is 1. The summed E-state index contributed by atoms with van der Waals surface area (Å²) in [5.41, 5.74) is -0.225. The van der Waals surface area contributed by atoms with Crippen LogP contribution >= 0.6 is 0 Å². The number of ether oxygens (including phenoxy) is 1. The van der Waals surface area contributed by atoms with Crippen LogP contribution in [0.1, 0.15) is 40.5 Å². The summed E-state index contributed by atoms with van der Waals surface area (Å²) in [6.07, 6.45) is 2.20. The van der Waals surface area contributed by atoms with E-state index in [0.717, 1.165) is 25.6 Å². The Morgan fingerprint density at radius 3 is 2.47 bits per heavy atom. The van der Waals surface area contributed by atoms with Gasteiger partial charge in [0.2, 0.25) is 0 Å². The summed E-state index contributed by atoms with van der Waals surface area (Å²) in [5.74, 6) is 0.844. The molecule has 17 heavy (non-hydrogen) atoms. The van der Waals surface area contributed by atoms with Crippen molar-refractivity contribution in [3.8, 4) is 0 Å². The number of alkyl carbamates (subject to hydrolysis) is 1. The SMILES string of the molecule is CC1CCN(CCOC(=O)NC(C)(C)C)CC1. The lowest BCUT2D eigenvalue weighted by atomic mass is 9.99. The number of carbonyl (C=O) groups excluding carboxylic acids is 1. The van der Waals surface area contributed by atoms with E-state index in [0.29, 0.717) is 6.61 Å². The Hall–Kier alpha value is -0.770. The molecule has 1 amide bonds. The number of hydrogen-bond acceptors (Lipinski definition) is 3. The van der Waals surface area contributed by atoms with Gasteiger partial charge in [0.05, 0.1) is 0 Å². The zero-order valence-corrected chi connectivity index (χ0v) is 11.6. The quantitative estimate of drug-likeness (QED) is 0.825. The molecular weight excluding hydrogens is 216 g/mol. The molecule has 0 aromatic heterocycles. The van der Waals surface area contributed by atoms with Gasteiger partial charge >= 0.3 is 6.09 Å². The number of amides is 1. The third kappa shape index (κ3) is 6.51. The summed E-state index contributed by atoms with van der Waals surface area (Å²) >= 11 is 0. The second kappa shape index (κ2) is 6.24. The van der Waals surface area contributed by atoms with Gasteiger partial charge in [0.15, 0.2) is 0 Å². The van der Waals surface area contributed by atoms with E-state index >= 15 is 0 Å². The molecule has 0 aliphatic carbocycles. The predicted molar refractivity (Wildman–Crippen MR) is 69.1 cm³/mol. The molecule has 0 aromatic carbocycles. The molecule has 0 saturated carbocycles. The fourth-order valence-corrected chi connectivity index (χ4v) is 1.90. The first-order valence-corrected chi connectivity index (χ1v) is 6.54. The number of nitrogens with one attached hydrogen (secondary N) is 1. The maximum absolute atomic E-state index is 11.4. The van der Waals surface area contributed by atoms with Crippen molar-refractivity contribution in [2.75, 3.05) is 26.2 Å². The van der Waals surface area contributed by atoms with Crippen LogP contribution in [-0.2, 0) is 4.74 Å². The fraction of sp³-hybridized carbons (Fsp3) is 0.923. The van der Waals surface area contributed by atoms with Crippen LogP contribution in [0, 0.1) is 5.92 Å². The summed E-state index contributed by atoms with van der Waals surface area (Å²) in [6, 6.07) is 0. The van der Waals surface area contributed by atoms with Gasteiger partial charge in [0, 0.05) is 12.1 Å². The van der Waals surface area contributed by atoms with Crippen LogP contribution in [-0.4, -0.2) is 42.8 Å². The van der Waals surface area contributed by atoms with Crippen LogP contribution in [0.3, 0.4) is 0 Å². The average Bonchev–Trinajstić information content (AvgIpc) is 2.18. The summed E-state index contributed by atoms with van der Waals surface area (Å²) in [4.78, 5) is 13.8. The van der Waals surface area contributed by atoms with Crippen LogP contribution in [0.4, 0.5) is 4.79 Å². The van der Waals surface area contributed by atoms with Crippen molar-refractivity contribution in [2.24, 2.45) is 5.92 Å². The van der Waals surface area contributed by atoms with Gasteiger partial charge in [0.1, 0.15) is 6.61 Å². The maximum atomic E-state index is 11.4. The molecule has 0 radical (unpaired) electrons. The van der Waals surface area contributed by atoms with E-state index in [9.17, 15) is 4.79 Å². The van der Waals surface area contributed by atoms with Gasteiger partial charge in [-0.25, -0.2) is 4.79 Å². The van der Waals surface area contributed by atoms with Gasteiger partial charge in [0.25, 0.3) is 0 Å². The molecule has 1 saturated heterocycles. The van der Waals surface area contributed by atoms with E-state index < -0.39 is 0 Å². The van der Waals surface area contributed by atoms with Crippen molar-refractivity contribution in [1.82, 2.24) is 10.2 Å². The third-order valence-electron chi connectivity index (χ3n) is 2.99. The highest BCUT2D eigenvalue weighted by atomic mass is 16.5. The van der Waals surface area contributed by atoms with Crippen LogP contribution in [0.15, 0.2) is 0 Å². The maximum Gasteiger partial charge on any atom is 0.407 e. The Kier molecular flexibility index (Phi) is 5.25. The number of likely N-dealkylation sites (tertiary alicyclic amines) is 1. The minimum Gasteiger partial charge on any atom is -0.448 e. The van der Waals surface area contributed by atoms with Crippen LogP contribution in [0.2, 0.25) is 0 Å². The third-order valence-corrected chi connectivity index (χ3v) is 2.99. The molecule has 1 rings (SSSR count). The minimum atomic E-state index is -0.317. The monoisotopic (exact) mass is 242 g/mol. The summed E-state index contributed by atoms with van der Waals surface area (Å²) < 4.78 is 5.16. The van der Waals surface area contributed by atoms with Gasteiger partial charge in [-0.3, -0.25) is 4.90 Å². The zero-order chi connectivity index (χ0) is 12.9. The lowest BCUT2D eigenvalue weighted by Gasteiger charge is -2.30. The molecule has 0 atom stereocenters. The average molecular weight is 242 g/mol. The predicted octanol–water partition coefficient (Wildman–Crippen LogP) is 2.24. The molecule has 100 valence electrons. The van der Waals surface area contributed by atoms with Crippen LogP contribution in [0.25, 0.3) is 0 Å². The molecular formula is C13H26N2O2. The number of piperidine rings is 1. The van der Waals surface area contributed by atoms with E-state index in [1.54, 1.807) is 0 Å². The molecule has 1 heterocycles. The van der Waals surface area contributed by atoms with Crippen molar-refractivity contribution in [2.45, 2.75) is 46.1 Å². The Morgan fingerprint density at radius 2 is 1.94 bits per heavy atom. The molecule has 4 heteroatoms. The molecule has 1 fully saturated rings. The van der Waals surface area contributed by atoms with Crippen molar-refractivity contribution in [1.29, 1.82) is 0 Å². The van der Waals surface area contributed by atoms with Crippen LogP contribution in [0.5, 0.6) is 0 Å². The van der Waals surface area contributed by atoms with Gasteiger partial charge in [-0.05, 0) is 52.6 Å². The normalized spacial score (nSPS) is 19.1. The first-order chi connectivity index (χ1) is 7.87. The second-order valence-corrected chi connectivity index (χ2v) is 6.04. The Morgan fingerprint density at radius 1 is 1.35 bits per heavy atom. The standard InChI is InChI=1S/C13H26N2O2/c1-11-5-7-15(8-6-11)9-10-17-12(16)14-13(2,3)4/h11H,5-10H2,1-4H3,(H,14,16). The molecule has 1 N–H and O–H groups in total. The Balaban J connectivity index is 2.09. The lowest BCUT2D eigenvalue weighted by Crippen LogP contribution is -2.42. The van der Waals surface area contributed by atoms with E-state index in [-0.39, 0.29) is 11.6 Å². The molecule has 1 aliphatic rings. The molecule has 1 aliphatic heterocycles. The van der Waals surface area contributed by atoms with Gasteiger partial charge in [-0.1, -0.05) is 6.92 Å². The van der Waals surface area contributed by atoms with Crippen molar-refractivity contribution in [3.63, 3.8) is 0 Å². The smallest absolute Gasteiger partial charge is 0.407 e. The number of hydrogen-bond donors (Lipinski definition) is 1. The van der Waals surface area contributed by atoms with Gasteiger partial charge in [-0.2, -0.15) is 0 Å². The summed E-state index contributed by atoms with van der Waals surface area (Å²) in [7, 11) is 0. The van der Waals surface area contributed by atoms with Crippen molar-refractivity contribution < 1.29 is 9.53 Å². The largest absolute Gasteiger partial charge is 0.448 e. The summed E-state index contributed by atoms with van der Waals surface area (Å²) in [6.45, 7) is 11.7. The Bertz CT molecular complexity index is 240. The fourth-order valence-electron chi connectivity index (χ4n) is 1.90. The molecule has 0 unspecified atom stereocenters. The number of carbonyl (C=O) groups is 1. The second-order valence-electron chi connectivity index (χ2n) is 6.04. The highest BCUT2D eigenvalue weighted by Gasteiger charge is 2.17. The highest BCUT2D eigenvalue weighted by molar-refractivity contribution is 5.68. The first-order valence-electron chi connectivity index (χ1n) is 6.54. The van der Waals surface area contributed by atoms with Gasteiger partial charge < -0.3 is 10.1 Å². The van der Waals surface area contributed by atoms with E-state index in [4.69, 9.17) is 4.74 Å². The van der Waals surface area contributed by atoms with E-state index in [2.05, 4.69) is 17.1 Å². The zero-order valence-electron chi connectivity index (χ0n) is 11.6. The molecule has 0 bridgehead atoms. The first kappa shape index (κ1) is 14.3. The number of rotatable bonds is 3. The van der Waals surface area contributed by atoms with E-state index in [1.807, 2.05) is 20.8 Å². The van der Waals surface area contributed by atoms with Crippen molar-refractivity contribution >= 4 is 6.09 Å². The highest BCUT2D eigenvalue weighted by Crippen LogP contribution is 2.15.